The Morgan fingerprint density at radius 3 is 2.30 bits per heavy atom. The summed E-state index contributed by atoms with van der Waals surface area (Å²) in [6, 6.07) is 16.4. The van der Waals surface area contributed by atoms with Gasteiger partial charge in [-0.05, 0) is 43.3 Å². The van der Waals surface area contributed by atoms with Gasteiger partial charge in [0.25, 0.3) is 5.91 Å². The largest absolute Gasteiger partial charge is 0.435 e. The maximum absolute atomic E-state index is 13.0. The van der Waals surface area contributed by atoms with Gasteiger partial charge >= 0.3 is 0 Å². The van der Waals surface area contributed by atoms with Crippen LogP contribution in [-0.4, -0.2) is 21.8 Å². The van der Waals surface area contributed by atoms with E-state index < -0.39 is 5.91 Å². The number of carbonyl (C=O) groups is 2. The standard InChI is InChI=1S/C22H18N4O3S/c1-13-12-30-22(23-13)26-20(28)18-19(15-8-10-17(11-9-15)24-14(2)27)29-21(25-18)16-6-4-3-5-7-16/h3-12H,1-2H3,(H,24,27)(H,23,26,28). The second-order valence-electron chi connectivity index (χ2n) is 6.57. The number of carbonyl (C=O) groups excluding carboxylic acids is 2. The van der Waals surface area contributed by atoms with E-state index in [4.69, 9.17) is 4.42 Å². The van der Waals surface area contributed by atoms with Crippen molar-refractivity contribution < 1.29 is 14.0 Å². The first-order chi connectivity index (χ1) is 14.5. The summed E-state index contributed by atoms with van der Waals surface area (Å²) in [6.45, 7) is 3.30. The van der Waals surface area contributed by atoms with E-state index in [1.165, 1.54) is 18.3 Å². The summed E-state index contributed by atoms with van der Waals surface area (Å²) >= 11 is 1.34. The smallest absolute Gasteiger partial charge is 0.280 e. The molecule has 0 fully saturated rings. The third-order valence-electron chi connectivity index (χ3n) is 4.17. The van der Waals surface area contributed by atoms with Crippen LogP contribution < -0.4 is 10.6 Å². The van der Waals surface area contributed by atoms with Gasteiger partial charge in [0.1, 0.15) is 0 Å². The Balaban J connectivity index is 1.72. The van der Waals surface area contributed by atoms with E-state index in [0.717, 1.165) is 11.3 Å². The summed E-state index contributed by atoms with van der Waals surface area (Å²) in [5.41, 5.74) is 3.07. The highest BCUT2D eigenvalue weighted by Crippen LogP contribution is 2.31. The molecule has 8 heteroatoms. The molecule has 7 nitrogen and oxygen atoms in total. The quantitative estimate of drug-likeness (QED) is 0.476. The van der Waals surface area contributed by atoms with Crippen LogP contribution in [0.4, 0.5) is 10.8 Å². The number of hydrogen-bond acceptors (Lipinski definition) is 6. The van der Waals surface area contributed by atoms with Crippen molar-refractivity contribution in [2.24, 2.45) is 0 Å². The molecule has 0 unspecified atom stereocenters. The molecule has 0 aliphatic rings. The molecular formula is C22H18N4O3S. The molecule has 2 heterocycles. The minimum absolute atomic E-state index is 0.160. The maximum atomic E-state index is 13.0. The Morgan fingerprint density at radius 1 is 0.933 bits per heavy atom. The summed E-state index contributed by atoms with van der Waals surface area (Å²) < 4.78 is 6.00. The van der Waals surface area contributed by atoms with Gasteiger partial charge < -0.3 is 9.73 Å². The van der Waals surface area contributed by atoms with E-state index in [1.807, 2.05) is 42.6 Å². The highest BCUT2D eigenvalue weighted by Gasteiger charge is 2.23. The van der Waals surface area contributed by atoms with Crippen molar-refractivity contribution in [2.75, 3.05) is 10.6 Å². The summed E-state index contributed by atoms with van der Waals surface area (Å²) in [4.78, 5) is 32.9. The predicted octanol–water partition coefficient (Wildman–Crippen LogP) is 4.98. The van der Waals surface area contributed by atoms with Gasteiger partial charge in [0.05, 0.1) is 5.69 Å². The highest BCUT2D eigenvalue weighted by atomic mass is 32.1. The Labute approximate surface area is 176 Å². The van der Waals surface area contributed by atoms with E-state index in [-0.39, 0.29) is 11.6 Å². The van der Waals surface area contributed by atoms with Crippen LogP contribution in [-0.2, 0) is 4.79 Å². The first-order valence-electron chi connectivity index (χ1n) is 9.17. The zero-order valence-corrected chi connectivity index (χ0v) is 17.1. The van der Waals surface area contributed by atoms with Gasteiger partial charge in [-0.15, -0.1) is 11.3 Å². The molecule has 0 aliphatic heterocycles. The van der Waals surface area contributed by atoms with Gasteiger partial charge in [0.15, 0.2) is 16.6 Å². The lowest BCUT2D eigenvalue weighted by Gasteiger charge is -2.04. The lowest BCUT2D eigenvalue weighted by atomic mass is 10.1. The van der Waals surface area contributed by atoms with Crippen molar-refractivity contribution in [3.63, 3.8) is 0 Å². The van der Waals surface area contributed by atoms with Gasteiger partial charge in [-0.2, -0.15) is 0 Å². The van der Waals surface area contributed by atoms with Crippen molar-refractivity contribution in [1.29, 1.82) is 0 Å². The number of nitrogens with zero attached hydrogens (tertiary/aromatic N) is 2. The van der Waals surface area contributed by atoms with Crippen LogP contribution >= 0.6 is 11.3 Å². The van der Waals surface area contributed by atoms with Gasteiger partial charge in [-0.1, -0.05) is 18.2 Å². The minimum atomic E-state index is -0.406. The molecule has 0 bridgehead atoms. The molecule has 0 spiro atoms. The summed E-state index contributed by atoms with van der Waals surface area (Å²) in [7, 11) is 0. The third kappa shape index (κ3) is 4.28. The minimum Gasteiger partial charge on any atom is -0.435 e. The Kier molecular flexibility index (Phi) is 5.40. The molecule has 2 aromatic heterocycles. The number of anilines is 2. The number of oxazole rings is 1. The number of amides is 2. The Bertz CT molecular complexity index is 1200. The zero-order valence-electron chi connectivity index (χ0n) is 16.3. The van der Waals surface area contributed by atoms with Crippen molar-refractivity contribution in [1.82, 2.24) is 9.97 Å². The number of aromatic nitrogens is 2. The number of benzene rings is 2. The fourth-order valence-electron chi connectivity index (χ4n) is 2.85. The van der Waals surface area contributed by atoms with Gasteiger partial charge in [0.2, 0.25) is 11.8 Å². The van der Waals surface area contributed by atoms with Crippen LogP contribution in [0, 0.1) is 6.92 Å². The molecule has 4 rings (SSSR count). The summed E-state index contributed by atoms with van der Waals surface area (Å²) in [5.74, 6) is 0.120. The van der Waals surface area contributed by atoms with Gasteiger partial charge in [0, 0.05) is 29.1 Å². The van der Waals surface area contributed by atoms with E-state index in [0.29, 0.717) is 28.0 Å². The van der Waals surface area contributed by atoms with Crippen LogP contribution in [0.2, 0.25) is 0 Å². The van der Waals surface area contributed by atoms with Crippen LogP contribution in [0.25, 0.3) is 22.8 Å². The molecule has 2 amide bonds. The van der Waals surface area contributed by atoms with Crippen molar-refractivity contribution in [2.45, 2.75) is 13.8 Å². The van der Waals surface area contributed by atoms with Crippen LogP contribution in [0.3, 0.4) is 0 Å². The SMILES string of the molecule is CC(=O)Nc1ccc(-c2oc(-c3ccccc3)nc2C(=O)Nc2nc(C)cs2)cc1. The number of aryl methyl sites for hydroxylation is 1. The topological polar surface area (TPSA) is 97.1 Å². The van der Waals surface area contributed by atoms with E-state index in [2.05, 4.69) is 20.6 Å². The average molecular weight is 418 g/mol. The fraction of sp³-hybridized carbons (Fsp3) is 0.0909. The molecule has 0 saturated heterocycles. The summed E-state index contributed by atoms with van der Waals surface area (Å²) in [6.07, 6.45) is 0. The van der Waals surface area contributed by atoms with Crippen molar-refractivity contribution in [3.05, 3.63) is 71.4 Å². The molecule has 150 valence electrons. The first kappa shape index (κ1) is 19.5. The van der Waals surface area contributed by atoms with Gasteiger partial charge in [-0.3, -0.25) is 14.9 Å². The number of nitrogens with one attached hydrogen (secondary N) is 2. The Hall–Kier alpha value is -3.78. The van der Waals surface area contributed by atoms with Crippen LogP contribution in [0.1, 0.15) is 23.1 Å². The lowest BCUT2D eigenvalue weighted by molar-refractivity contribution is -0.114. The fourth-order valence-corrected chi connectivity index (χ4v) is 3.53. The zero-order chi connectivity index (χ0) is 21.1. The molecular weight excluding hydrogens is 400 g/mol. The Morgan fingerprint density at radius 2 is 1.67 bits per heavy atom. The summed E-state index contributed by atoms with van der Waals surface area (Å²) in [5, 5.41) is 7.85. The molecule has 4 aromatic rings. The van der Waals surface area contributed by atoms with Crippen LogP contribution in [0.5, 0.6) is 0 Å². The van der Waals surface area contributed by atoms with Crippen LogP contribution in [0.15, 0.2) is 64.4 Å². The lowest BCUT2D eigenvalue weighted by Crippen LogP contribution is -2.13. The second kappa shape index (κ2) is 8.30. The van der Waals surface area contributed by atoms with Crippen molar-refractivity contribution in [3.8, 4) is 22.8 Å². The molecule has 30 heavy (non-hydrogen) atoms. The average Bonchev–Trinajstić information content (AvgIpc) is 3.35. The van der Waals surface area contributed by atoms with E-state index in [9.17, 15) is 9.59 Å². The predicted molar refractivity (Wildman–Crippen MR) is 116 cm³/mol. The molecule has 0 saturated carbocycles. The first-order valence-corrected chi connectivity index (χ1v) is 10.1. The molecule has 2 aromatic carbocycles. The molecule has 0 radical (unpaired) electrons. The maximum Gasteiger partial charge on any atom is 0.280 e. The molecule has 0 aliphatic carbocycles. The monoisotopic (exact) mass is 418 g/mol. The number of thiazole rings is 1. The van der Waals surface area contributed by atoms with Gasteiger partial charge in [-0.25, -0.2) is 9.97 Å². The van der Waals surface area contributed by atoms with E-state index >= 15 is 0 Å². The number of hydrogen-bond donors (Lipinski definition) is 2. The second-order valence-corrected chi connectivity index (χ2v) is 7.43. The highest BCUT2D eigenvalue weighted by molar-refractivity contribution is 7.13. The third-order valence-corrected chi connectivity index (χ3v) is 5.05. The number of rotatable bonds is 5. The molecule has 2 N–H and O–H groups in total. The van der Waals surface area contributed by atoms with Crippen molar-refractivity contribution >= 4 is 34.0 Å². The normalized spacial score (nSPS) is 10.6. The van der Waals surface area contributed by atoms with E-state index in [1.54, 1.807) is 24.3 Å². The molecule has 0 atom stereocenters.